The summed E-state index contributed by atoms with van der Waals surface area (Å²) in [6, 6.07) is 11.9. The molecule has 0 aliphatic carbocycles. The number of benzene rings is 1. The van der Waals surface area contributed by atoms with Gasteiger partial charge in [-0.1, -0.05) is 30.3 Å². The number of amides is 1. The second-order valence-corrected chi connectivity index (χ2v) is 6.41. The Kier molecular flexibility index (Phi) is 4.73. The van der Waals surface area contributed by atoms with Crippen molar-refractivity contribution in [2.24, 2.45) is 0 Å². The number of nitrogens with zero attached hydrogens (tertiary/aromatic N) is 2. The first-order valence-corrected chi connectivity index (χ1v) is 8.39. The fourth-order valence-corrected chi connectivity index (χ4v) is 3.65. The smallest absolute Gasteiger partial charge is 0.317 e. The van der Waals surface area contributed by atoms with Crippen LogP contribution in [-0.4, -0.2) is 59.5 Å². The lowest BCUT2D eigenvalue weighted by Crippen LogP contribution is -2.49. The maximum atomic E-state index is 12.8. The number of hydrogen-bond donors (Lipinski definition) is 1. The largest absolute Gasteiger partial charge is 0.480 e. The Morgan fingerprint density at radius 3 is 2.39 bits per heavy atom. The highest BCUT2D eigenvalue weighted by molar-refractivity contribution is 7.12. The normalized spacial score (nSPS) is 15.6. The number of thiophene rings is 1. The average molecular weight is 330 g/mol. The van der Waals surface area contributed by atoms with Crippen LogP contribution in [0.5, 0.6) is 0 Å². The molecule has 6 heteroatoms. The number of carboxylic acids is 1. The first-order chi connectivity index (χ1) is 11.1. The van der Waals surface area contributed by atoms with E-state index in [-0.39, 0.29) is 12.5 Å². The minimum absolute atomic E-state index is 0.0360. The summed E-state index contributed by atoms with van der Waals surface area (Å²) < 4.78 is 0. The van der Waals surface area contributed by atoms with Gasteiger partial charge in [0.25, 0.3) is 5.91 Å². The Labute approximate surface area is 138 Å². The van der Waals surface area contributed by atoms with Crippen LogP contribution in [0.2, 0.25) is 0 Å². The molecule has 1 aromatic carbocycles. The lowest BCUT2D eigenvalue weighted by atomic mass is 10.1. The lowest BCUT2D eigenvalue weighted by molar-refractivity contribution is -0.138. The highest BCUT2D eigenvalue weighted by Gasteiger charge is 2.25. The third kappa shape index (κ3) is 3.60. The van der Waals surface area contributed by atoms with Crippen LogP contribution in [0.1, 0.15) is 9.67 Å². The molecule has 1 amide bonds. The Hall–Kier alpha value is -2.18. The van der Waals surface area contributed by atoms with E-state index in [0.717, 1.165) is 16.0 Å². The van der Waals surface area contributed by atoms with Crippen LogP contribution in [-0.2, 0) is 4.79 Å². The fraction of sp³-hybridized carbons (Fsp3) is 0.294. The summed E-state index contributed by atoms with van der Waals surface area (Å²) in [7, 11) is 0. The van der Waals surface area contributed by atoms with Crippen LogP contribution in [0, 0.1) is 0 Å². The van der Waals surface area contributed by atoms with E-state index in [1.165, 1.54) is 11.3 Å². The maximum Gasteiger partial charge on any atom is 0.317 e. The SMILES string of the molecule is O=C(O)CN1CCN(C(=O)c2sccc2-c2ccccc2)CC1. The number of piperazine rings is 1. The highest BCUT2D eigenvalue weighted by Crippen LogP contribution is 2.29. The molecule has 2 aromatic rings. The summed E-state index contributed by atoms with van der Waals surface area (Å²) in [4.78, 5) is 28.0. The van der Waals surface area contributed by atoms with Gasteiger partial charge in [-0.05, 0) is 17.0 Å². The second kappa shape index (κ2) is 6.93. The first-order valence-electron chi connectivity index (χ1n) is 7.51. The topological polar surface area (TPSA) is 60.9 Å². The zero-order chi connectivity index (χ0) is 16.2. The molecule has 120 valence electrons. The molecule has 0 unspecified atom stereocenters. The van der Waals surface area contributed by atoms with Gasteiger partial charge in [0.05, 0.1) is 11.4 Å². The van der Waals surface area contributed by atoms with Gasteiger partial charge in [0.2, 0.25) is 0 Å². The Morgan fingerprint density at radius 2 is 1.74 bits per heavy atom. The average Bonchev–Trinajstić information content (AvgIpc) is 3.05. The van der Waals surface area contributed by atoms with Crippen molar-refractivity contribution in [1.82, 2.24) is 9.80 Å². The molecule has 2 heterocycles. The zero-order valence-electron chi connectivity index (χ0n) is 12.6. The predicted molar refractivity (Wildman–Crippen MR) is 89.7 cm³/mol. The highest BCUT2D eigenvalue weighted by atomic mass is 32.1. The molecule has 1 fully saturated rings. The summed E-state index contributed by atoms with van der Waals surface area (Å²) in [6.07, 6.45) is 0. The number of aliphatic carboxylic acids is 1. The van der Waals surface area contributed by atoms with Gasteiger partial charge in [-0.3, -0.25) is 14.5 Å². The zero-order valence-corrected chi connectivity index (χ0v) is 13.5. The summed E-state index contributed by atoms with van der Waals surface area (Å²) in [5, 5.41) is 10.8. The van der Waals surface area contributed by atoms with Crippen molar-refractivity contribution >= 4 is 23.2 Å². The third-order valence-corrected chi connectivity index (χ3v) is 4.87. The minimum atomic E-state index is -0.825. The van der Waals surface area contributed by atoms with E-state index in [0.29, 0.717) is 26.2 Å². The van der Waals surface area contributed by atoms with Crippen LogP contribution >= 0.6 is 11.3 Å². The molecule has 23 heavy (non-hydrogen) atoms. The van der Waals surface area contributed by atoms with E-state index in [4.69, 9.17) is 5.11 Å². The van der Waals surface area contributed by atoms with Crippen molar-refractivity contribution in [3.8, 4) is 11.1 Å². The van der Waals surface area contributed by atoms with Crippen molar-refractivity contribution in [2.75, 3.05) is 32.7 Å². The molecule has 1 N–H and O–H groups in total. The van der Waals surface area contributed by atoms with Gasteiger partial charge in [0.1, 0.15) is 0 Å². The molecule has 0 spiro atoms. The first kappa shape index (κ1) is 15.7. The number of carbonyl (C=O) groups excluding carboxylic acids is 1. The monoisotopic (exact) mass is 330 g/mol. The van der Waals surface area contributed by atoms with E-state index in [1.807, 2.05) is 51.6 Å². The van der Waals surface area contributed by atoms with Crippen molar-refractivity contribution in [3.63, 3.8) is 0 Å². The number of carboxylic acid groups (broad SMARTS) is 1. The van der Waals surface area contributed by atoms with Gasteiger partial charge >= 0.3 is 5.97 Å². The quantitative estimate of drug-likeness (QED) is 0.934. The number of hydrogen-bond acceptors (Lipinski definition) is 4. The van der Waals surface area contributed by atoms with Crippen LogP contribution in [0.15, 0.2) is 41.8 Å². The second-order valence-electron chi connectivity index (χ2n) is 5.49. The van der Waals surface area contributed by atoms with E-state index in [1.54, 1.807) is 0 Å². The van der Waals surface area contributed by atoms with Gasteiger partial charge < -0.3 is 10.0 Å². The van der Waals surface area contributed by atoms with Gasteiger partial charge in [0.15, 0.2) is 0 Å². The van der Waals surface area contributed by atoms with Gasteiger partial charge in [-0.15, -0.1) is 11.3 Å². The van der Waals surface area contributed by atoms with Gasteiger partial charge in [-0.2, -0.15) is 0 Å². The standard InChI is InChI=1S/C17H18N2O3S/c20-15(21)12-18-7-9-19(10-8-18)17(22)16-14(6-11-23-16)13-4-2-1-3-5-13/h1-6,11H,7-10,12H2,(H,20,21). The Morgan fingerprint density at radius 1 is 1.04 bits per heavy atom. The number of rotatable bonds is 4. The maximum absolute atomic E-state index is 12.8. The van der Waals surface area contributed by atoms with E-state index in [2.05, 4.69) is 0 Å². The van der Waals surface area contributed by atoms with Gasteiger partial charge in [0, 0.05) is 31.7 Å². The van der Waals surface area contributed by atoms with Gasteiger partial charge in [-0.25, -0.2) is 0 Å². The Balaban J connectivity index is 1.71. The summed E-state index contributed by atoms with van der Waals surface area (Å²) in [6.45, 7) is 2.38. The molecule has 1 aromatic heterocycles. The van der Waals surface area contributed by atoms with Crippen LogP contribution in [0.3, 0.4) is 0 Å². The van der Waals surface area contributed by atoms with Crippen molar-refractivity contribution < 1.29 is 14.7 Å². The van der Waals surface area contributed by atoms with Crippen LogP contribution in [0.4, 0.5) is 0 Å². The van der Waals surface area contributed by atoms with Crippen molar-refractivity contribution in [2.45, 2.75) is 0 Å². The fourth-order valence-electron chi connectivity index (χ4n) is 2.76. The van der Waals surface area contributed by atoms with Crippen molar-refractivity contribution in [1.29, 1.82) is 0 Å². The predicted octanol–water partition coefficient (Wildman–Crippen LogP) is 2.26. The van der Waals surface area contributed by atoms with Crippen LogP contribution in [0.25, 0.3) is 11.1 Å². The molecule has 1 aliphatic heterocycles. The third-order valence-electron chi connectivity index (χ3n) is 3.96. The van der Waals surface area contributed by atoms with E-state index in [9.17, 15) is 9.59 Å². The summed E-state index contributed by atoms with van der Waals surface area (Å²) >= 11 is 1.46. The molecular formula is C17H18N2O3S. The molecule has 3 rings (SSSR count). The van der Waals surface area contributed by atoms with Crippen molar-refractivity contribution in [3.05, 3.63) is 46.7 Å². The molecule has 0 atom stereocenters. The minimum Gasteiger partial charge on any atom is -0.480 e. The molecule has 1 aliphatic rings. The van der Waals surface area contributed by atoms with E-state index < -0.39 is 5.97 Å². The molecular weight excluding hydrogens is 312 g/mol. The molecule has 0 bridgehead atoms. The van der Waals surface area contributed by atoms with E-state index >= 15 is 0 Å². The summed E-state index contributed by atoms with van der Waals surface area (Å²) in [5.74, 6) is -0.789. The summed E-state index contributed by atoms with van der Waals surface area (Å²) in [5.41, 5.74) is 2.01. The molecule has 1 saturated heterocycles. The number of carbonyl (C=O) groups is 2. The van der Waals surface area contributed by atoms with Crippen LogP contribution < -0.4 is 0 Å². The Bertz CT molecular complexity index is 691. The molecule has 0 radical (unpaired) electrons. The molecule has 0 saturated carbocycles. The molecule has 5 nitrogen and oxygen atoms in total. The lowest BCUT2D eigenvalue weighted by Gasteiger charge is -2.33.